The van der Waals surface area contributed by atoms with Gasteiger partial charge in [-0.3, -0.25) is 14.2 Å². The van der Waals surface area contributed by atoms with Crippen LogP contribution in [0.1, 0.15) is 28.3 Å². The zero-order chi connectivity index (χ0) is 27.7. The second-order valence-corrected chi connectivity index (χ2v) is 9.52. The molecule has 1 unspecified atom stereocenters. The van der Waals surface area contributed by atoms with E-state index < -0.39 is 28.7 Å². The van der Waals surface area contributed by atoms with Crippen LogP contribution in [0.5, 0.6) is 17.4 Å². The molecule has 2 heterocycles. The lowest BCUT2D eigenvalue weighted by molar-refractivity contribution is 0.0784. The molecule has 3 aromatic carbocycles. The van der Waals surface area contributed by atoms with E-state index in [9.17, 15) is 19.1 Å². The van der Waals surface area contributed by atoms with Crippen LogP contribution in [0.4, 0.5) is 4.39 Å². The smallest absolute Gasteiger partial charge is 0.290 e. The first-order valence-corrected chi connectivity index (χ1v) is 12.6. The van der Waals surface area contributed by atoms with Gasteiger partial charge in [-0.05, 0) is 60.5 Å². The molecule has 0 saturated carbocycles. The Kier molecular flexibility index (Phi) is 7.26. The van der Waals surface area contributed by atoms with E-state index in [1.165, 1.54) is 48.0 Å². The van der Waals surface area contributed by atoms with E-state index in [0.717, 1.165) is 5.56 Å². The Morgan fingerprint density at radius 3 is 2.28 bits per heavy atom. The fourth-order valence-corrected chi connectivity index (χ4v) is 4.99. The topological polar surface area (TPSA) is 93.9 Å². The number of likely N-dealkylation sites (tertiary alicyclic amines) is 1. The van der Waals surface area contributed by atoms with Gasteiger partial charge in [-0.15, -0.1) is 0 Å². The van der Waals surface area contributed by atoms with Gasteiger partial charge in [0.05, 0.1) is 14.2 Å². The molecule has 200 valence electrons. The van der Waals surface area contributed by atoms with Crippen molar-refractivity contribution in [2.45, 2.75) is 12.3 Å². The van der Waals surface area contributed by atoms with Gasteiger partial charge >= 0.3 is 0 Å². The Hall–Kier alpha value is -4.37. The van der Waals surface area contributed by atoms with Crippen molar-refractivity contribution in [2.24, 2.45) is 0 Å². The summed E-state index contributed by atoms with van der Waals surface area (Å²) in [5.74, 6) is -1.13. The lowest BCUT2D eigenvalue weighted by atomic mass is 9.99. The molecule has 8 nitrogen and oxygen atoms in total. The number of carbonyl (C=O) groups is 1. The number of methoxy groups -OCH3 is 2. The van der Waals surface area contributed by atoms with Crippen LogP contribution in [0.3, 0.4) is 0 Å². The zero-order valence-corrected chi connectivity index (χ0v) is 22.0. The number of carbonyl (C=O) groups excluding carboxylic acids is 1. The molecule has 1 amide bonds. The molecule has 4 aromatic rings. The number of hydrogen-bond donors (Lipinski definition) is 1. The molecule has 1 aromatic heterocycles. The minimum Gasteiger partial charge on any atom is -0.494 e. The number of amides is 1. The number of benzene rings is 3. The Balaban J connectivity index is 1.65. The maximum Gasteiger partial charge on any atom is 0.290 e. The summed E-state index contributed by atoms with van der Waals surface area (Å²) in [6.07, 6.45) is 0.684. The monoisotopic (exact) mass is 549 g/mol. The largest absolute Gasteiger partial charge is 0.494 e. The molecular formula is C29H25ClFN3O5. The van der Waals surface area contributed by atoms with Gasteiger partial charge in [-0.2, -0.15) is 4.98 Å². The maximum atomic E-state index is 13.7. The summed E-state index contributed by atoms with van der Waals surface area (Å²) in [5, 5.41) is 12.2. The number of aromatic nitrogens is 2. The third-order valence-electron chi connectivity index (χ3n) is 6.83. The molecule has 1 N–H and O–H groups in total. The number of rotatable bonds is 6. The highest BCUT2D eigenvalue weighted by Crippen LogP contribution is 2.39. The molecule has 10 heteroatoms. The molecule has 5 rings (SSSR count). The third kappa shape index (κ3) is 4.93. The lowest BCUT2D eigenvalue weighted by Crippen LogP contribution is -2.34. The molecule has 0 aliphatic carbocycles. The summed E-state index contributed by atoms with van der Waals surface area (Å²) < 4.78 is 26.0. The number of para-hydroxylation sites is 1. The molecule has 1 aliphatic rings. The van der Waals surface area contributed by atoms with Crippen molar-refractivity contribution in [3.63, 3.8) is 0 Å². The highest BCUT2D eigenvalue weighted by molar-refractivity contribution is 6.30. The predicted octanol–water partition coefficient (Wildman–Crippen LogP) is 5.04. The van der Waals surface area contributed by atoms with Gasteiger partial charge in [-0.1, -0.05) is 29.8 Å². The van der Waals surface area contributed by atoms with Crippen LogP contribution in [-0.4, -0.2) is 52.8 Å². The van der Waals surface area contributed by atoms with Gasteiger partial charge in [0.15, 0.2) is 11.4 Å². The Bertz CT molecular complexity index is 1570. The molecule has 0 radical (unpaired) electrons. The third-order valence-corrected chi connectivity index (χ3v) is 7.08. The van der Waals surface area contributed by atoms with E-state index >= 15 is 0 Å². The Labute approximate surface area is 228 Å². The average Bonchev–Trinajstić information content (AvgIpc) is 3.44. The molecule has 0 bridgehead atoms. The first-order valence-electron chi connectivity index (χ1n) is 12.2. The van der Waals surface area contributed by atoms with Crippen LogP contribution in [0, 0.1) is 5.82 Å². The predicted molar refractivity (Wildman–Crippen MR) is 145 cm³/mol. The van der Waals surface area contributed by atoms with Crippen molar-refractivity contribution in [2.75, 3.05) is 27.3 Å². The number of ether oxygens (including phenoxy) is 2. The normalized spacial score (nSPS) is 14.9. The van der Waals surface area contributed by atoms with E-state index in [0.29, 0.717) is 41.6 Å². The van der Waals surface area contributed by atoms with Gasteiger partial charge in [0.25, 0.3) is 11.5 Å². The van der Waals surface area contributed by atoms with Gasteiger partial charge in [-0.25, -0.2) is 4.39 Å². The summed E-state index contributed by atoms with van der Waals surface area (Å²) in [7, 11) is 2.88. The van der Waals surface area contributed by atoms with Gasteiger partial charge in [0.2, 0.25) is 5.88 Å². The summed E-state index contributed by atoms with van der Waals surface area (Å²) in [4.78, 5) is 32.7. The van der Waals surface area contributed by atoms with E-state index in [2.05, 4.69) is 4.98 Å². The van der Waals surface area contributed by atoms with Crippen molar-refractivity contribution in [1.29, 1.82) is 0 Å². The highest BCUT2D eigenvalue weighted by atomic mass is 35.5. The van der Waals surface area contributed by atoms with Gasteiger partial charge < -0.3 is 19.5 Å². The summed E-state index contributed by atoms with van der Waals surface area (Å²) in [6, 6.07) is 17.7. The number of aromatic hydroxyl groups is 1. The van der Waals surface area contributed by atoms with Gasteiger partial charge in [0.1, 0.15) is 23.0 Å². The Morgan fingerprint density at radius 1 is 1.03 bits per heavy atom. The fourth-order valence-electron chi connectivity index (χ4n) is 4.86. The van der Waals surface area contributed by atoms with Crippen molar-refractivity contribution < 1.29 is 23.8 Å². The highest BCUT2D eigenvalue weighted by Gasteiger charge is 2.34. The molecule has 0 spiro atoms. The van der Waals surface area contributed by atoms with E-state index in [4.69, 9.17) is 21.1 Å². The quantitative estimate of drug-likeness (QED) is 0.362. The standard InChI is InChI=1S/C29H25ClFN3O5/c1-38-22-4-3-5-23(39-2)25(22)34-26(18-8-12-21(31)13-9-18)32-27(35)24(29(34)37)28(36)33-15-14-19(16-33)17-6-10-20(30)11-7-17/h3-13,19,37H,14-16H2,1-2H3. The minimum absolute atomic E-state index is 0.0164. The van der Waals surface area contributed by atoms with Crippen LogP contribution in [0.25, 0.3) is 17.1 Å². The van der Waals surface area contributed by atoms with Crippen LogP contribution >= 0.6 is 11.6 Å². The number of hydrogen-bond acceptors (Lipinski definition) is 6. The van der Waals surface area contributed by atoms with Crippen LogP contribution in [0.2, 0.25) is 5.02 Å². The van der Waals surface area contributed by atoms with Gasteiger partial charge in [0, 0.05) is 29.6 Å². The zero-order valence-electron chi connectivity index (χ0n) is 21.2. The molecule has 1 saturated heterocycles. The maximum absolute atomic E-state index is 13.7. The number of halogens is 2. The second-order valence-electron chi connectivity index (χ2n) is 9.08. The summed E-state index contributed by atoms with van der Waals surface area (Å²) in [5.41, 5.74) is 0.198. The van der Waals surface area contributed by atoms with Crippen molar-refractivity contribution in [3.05, 3.63) is 99.1 Å². The summed E-state index contributed by atoms with van der Waals surface area (Å²) >= 11 is 6.01. The fraction of sp³-hybridized carbons (Fsp3) is 0.207. The average molecular weight is 550 g/mol. The minimum atomic E-state index is -0.906. The molecular weight excluding hydrogens is 525 g/mol. The van der Waals surface area contributed by atoms with Crippen LogP contribution in [0.15, 0.2) is 71.5 Å². The lowest BCUT2D eigenvalue weighted by Gasteiger charge is -2.22. The Morgan fingerprint density at radius 2 is 1.67 bits per heavy atom. The summed E-state index contributed by atoms with van der Waals surface area (Å²) in [6.45, 7) is 0.750. The van der Waals surface area contributed by atoms with E-state index in [1.807, 2.05) is 12.1 Å². The van der Waals surface area contributed by atoms with E-state index in [1.54, 1.807) is 30.3 Å². The van der Waals surface area contributed by atoms with Crippen molar-refractivity contribution in [1.82, 2.24) is 14.5 Å². The van der Waals surface area contributed by atoms with Crippen LogP contribution < -0.4 is 15.0 Å². The molecule has 39 heavy (non-hydrogen) atoms. The van der Waals surface area contributed by atoms with Crippen LogP contribution in [-0.2, 0) is 0 Å². The molecule has 1 aliphatic heterocycles. The first kappa shape index (κ1) is 26.2. The second kappa shape index (κ2) is 10.8. The van der Waals surface area contributed by atoms with Crippen molar-refractivity contribution >= 4 is 17.5 Å². The number of nitrogens with zero attached hydrogens (tertiary/aromatic N) is 3. The SMILES string of the molecule is COc1cccc(OC)c1-n1c(-c2ccc(F)cc2)nc(=O)c(C(=O)N2CCC(c3ccc(Cl)cc3)C2)c1O. The van der Waals surface area contributed by atoms with E-state index in [-0.39, 0.29) is 17.4 Å². The van der Waals surface area contributed by atoms with Crippen molar-refractivity contribution in [3.8, 4) is 34.5 Å². The first-order chi connectivity index (χ1) is 18.8. The molecule has 1 atom stereocenters. The molecule has 1 fully saturated rings.